The second kappa shape index (κ2) is 7.31. The molecular weight excluding hydrogens is 414 g/mol. The van der Waals surface area contributed by atoms with Crippen LogP contribution in [-0.2, 0) is 6.42 Å². The number of nitrogens with zero attached hydrogens (tertiary/aromatic N) is 3. The second-order valence-corrected chi connectivity index (χ2v) is 8.96. The third-order valence-electron chi connectivity index (χ3n) is 5.21. The molecule has 1 aliphatic heterocycles. The van der Waals surface area contributed by atoms with Gasteiger partial charge in [-0.3, -0.25) is 14.5 Å². The van der Waals surface area contributed by atoms with Crippen LogP contribution in [0.25, 0.3) is 11.0 Å². The summed E-state index contributed by atoms with van der Waals surface area (Å²) < 4.78 is 5.91. The Kier molecular flexibility index (Phi) is 4.59. The highest BCUT2D eigenvalue weighted by atomic mass is 32.1. The number of hydrogen-bond acceptors (Lipinski definition) is 7. The molecule has 0 saturated carbocycles. The fourth-order valence-corrected chi connectivity index (χ4v) is 4.98. The first-order chi connectivity index (χ1) is 14.9. The Morgan fingerprint density at radius 3 is 2.71 bits per heavy atom. The van der Waals surface area contributed by atoms with E-state index in [0.29, 0.717) is 27.6 Å². The number of carbonyl (C=O) groups excluding carboxylic acids is 1. The lowest BCUT2D eigenvalue weighted by atomic mass is 9.98. The first-order valence-electron chi connectivity index (χ1n) is 9.94. The Labute approximate surface area is 181 Å². The third kappa shape index (κ3) is 3.19. The summed E-state index contributed by atoms with van der Waals surface area (Å²) in [6.07, 6.45) is 0.741. The van der Waals surface area contributed by atoms with Crippen LogP contribution < -0.4 is 10.3 Å². The van der Waals surface area contributed by atoms with E-state index in [9.17, 15) is 14.7 Å². The quantitative estimate of drug-likeness (QED) is 0.515. The van der Waals surface area contributed by atoms with Gasteiger partial charge in [0.05, 0.1) is 17.0 Å². The van der Waals surface area contributed by atoms with Gasteiger partial charge in [-0.05, 0) is 35.7 Å². The Morgan fingerprint density at radius 2 is 1.94 bits per heavy atom. The number of amides is 1. The summed E-state index contributed by atoms with van der Waals surface area (Å²) in [6, 6.07) is 12.6. The monoisotopic (exact) mass is 433 g/mol. The highest BCUT2D eigenvalue weighted by molar-refractivity contribution is 7.15. The molecule has 2 aromatic carbocycles. The lowest BCUT2D eigenvalue weighted by Crippen LogP contribution is -2.29. The number of para-hydroxylation sites is 1. The number of aromatic nitrogens is 2. The van der Waals surface area contributed by atoms with Gasteiger partial charge >= 0.3 is 0 Å². The molecule has 1 atom stereocenters. The van der Waals surface area contributed by atoms with Crippen LogP contribution in [0.3, 0.4) is 0 Å². The van der Waals surface area contributed by atoms with Crippen molar-refractivity contribution < 1.29 is 14.3 Å². The lowest BCUT2D eigenvalue weighted by Gasteiger charge is -2.22. The maximum atomic E-state index is 13.5. The molecule has 1 N–H and O–H groups in total. The summed E-state index contributed by atoms with van der Waals surface area (Å²) in [4.78, 5) is 28.3. The molecule has 0 saturated heterocycles. The van der Waals surface area contributed by atoms with Gasteiger partial charge in [-0.15, -0.1) is 10.2 Å². The summed E-state index contributed by atoms with van der Waals surface area (Å²) in [6.45, 7) is 4.17. The Hall–Kier alpha value is -3.52. The number of benzene rings is 2. The topological polar surface area (TPSA) is 96.5 Å². The van der Waals surface area contributed by atoms with Crippen molar-refractivity contribution in [3.05, 3.63) is 80.6 Å². The van der Waals surface area contributed by atoms with Crippen LogP contribution in [0, 0.1) is 5.92 Å². The van der Waals surface area contributed by atoms with E-state index in [4.69, 9.17) is 4.42 Å². The number of aromatic hydroxyl groups is 1. The van der Waals surface area contributed by atoms with E-state index < -0.39 is 11.9 Å². The van der Waals surface area contributed by atoms with Gasteiger partial charge in [-0.25, -0.2) is 0 Å². The van der Waals surface area contributed by atoms with Crippen molar-refractivity contribution in [1.29, 1.82) is 0 Å². The van der Waals surface area contributed by atoms with Gasteiger partial charge in [-0.2, -0.15) is 0 Å². The molecule has 3 heterocycles. The molecule has 5 rings (SSSR count). The summed E-state index contributed by atoms with van der Waals surface area (Å²) in [5.74, 6) is -0.0138. The van der Waals surface area contributed by atoms with Crippen LogP contribution in [-0.4, -0.2) is 21.2 Å². The zero-order chi connectivity index (χ0) is 21.7. The predicted octanol–water partition coefficient (Wildman–Crippen LogP) is 4.30. The maximum Gasteiger partial charge on any atom is 0.297 e. The van der Waals surface area contributed by atoms with Gasteiger partial charge in [0.15, 0.2) is 5.43 Å². The van der Waals surface area contributed by atoms with Crippen LogP contribution >= 0.6 is 11.3 Å². The first kappa shape index (κ1) is 19.4. The zero-order valence-electron chi connectivity index (χ0n) is 16.9. The smallest absolute Gasteiger partial charge is 0.297 e. The minimum absolute atomic E-state index is 0.00217. The van der Waals surface area contributed by atoms with E-state index in [1.54, 1.807) is 48.5 Å². The summed E-state index contributed by atoms with van der Waals surface area (Å²) >= 11 is 1.32. The Morgan fingerprint density at radius 1 is 1.13 bits per heavy atom. The maximum absolute atomic E-state index is 13.5. The van der Waals surface area contributed by atoms with E-state index in [1.807, 2.05) is 0 Å². The van der Waals surface area contributed by atoms with Crippen molar-refractivity contribution in [3.63, 3.8) is 0 Å². The predicted molar refractivity (Wildman–Crippen MR) is 118 cm³/mol. The minimum Gasteiger partial charge on any atom is -0.508 e. The van der Waals surface area contributed by atoms with Crippen molar-refractivity contribution in [2.45, 2.75) is 26.3 Å². The van der Waals surface area contributed by atoms with Crippen molar-refractivity contribution in [2.75, 3.05) is 4.90 Å². The second-order valence-electron chi connectivity index (χ2n) is 7.92. The fourth-order valence-electron chi connectivity index (χ4n) is 3.90. The number of carbonyl (C=O) groups is 1. The normalized spacial score (nSPS) is 15.8. The van der Waals surface area contributed by atoms with E-state index in [0.717, 1.165) is 11.4 Å². The van der Waals surface area contributed by atoms with Crippen molar-refractivity contribution in [1.82, 2.24) is 10.2 Å². The molecule has 7 nitrogen and oxygen atoms in total. The van der Waals surface area contributed by atoms with Gasteiger partial charge in [0.1, 0.15) is 16.3 Å². The molecule has 8 heteroatoms. The number of anilines is 1. The van der Waals surface area contributed by atoms with E-state index in [-0.39, 0.29) is 22.5 Å². The zero-order valence-corrected chi connectivity index (χ0v) is 17.7. The molecular formula is C23H19N3O4S. The highest BCUT2D eigenvalue weighted by Gasteiger charge is 2.45. The standard InChI is InChI=1S/C23H19N3O4S/c1-12(2)10-17-24-25-23(31-17)26-19(13-6-5-7-14(27)11-13)18-20(28)15-8-3-4-9-16(15)30-21(18)22(26)29/h3-9,11-12,19,27H,10H2,1-2H3. The van der Waals surface area contributed by atoms with Gasteiger partial charge in [0.2, 0.25) is 10.9 Å². The first-order valence-corrected chi connectivity index (χ1v) is 10.8. The number of hydrogen-bond donors (Lipinski definition) is 1. The van der Waals surface area contributed by atoms with Crippen LogP contribution in [0.5, 0.6) is 5.75 Å². The number of phenolic OH excluding ortho intramolecular Hbond substituents is 1. The number of fused-ring (bicyclic) bond motifs is 2. The largest absolute Gasteiger partial charge is 0.508 e. The summed E-state index contributed by atoms with van der Waals surface area (Å²) in [5.41, 5.74) is 0.923. The molecule has 0 aliphatic carbocycles. The van der Waals surface area contributed by atoms with Gasteiger partial charge < -0.3 is 9.52 Å². The summed E-state index contributed by atoms with van der Waals surface area (Å²) in [5, 5.41) is 20.2. The van der Waals surface area contributed by atoms with Gasteiger partial charge in [-0.1, -0.05) is 49.4 Å². The Balaban J connectivity index is 1.74. The molecule has 1 unspecified atom stereocenters. The third-order valence-corrected chi connectivity index (χ3v) is 6.15. The minimum atomic E-state index is -0.768. The lowest BCUT2D eigenvalue weighted by molar-refractivity contribution is 0.0970. The van der Waals surface area contributed by atoms with Gasteiger partial charge in [0.25, 0.3) is 5.91 Å². The summed E-state index contributed by atoms with van der Waals surface area (Å²) in [7, 11) is 0. The van der Waals surface area contributed by atoms with Crippen LogP contribution in [0.15, 0.2) is 57.7 Å². The average molecular weight is 433 g/mol. The molecule has 0 radical (unpaired) electrons. The molecule has 156 valence electrons. The average Bonchev–Trinajstić information content (AvgIpc) is 3.30. The van der Waals surface area contributed by atoms with Crippen molar-refractivity contribution in [2.24, 2.45) is 5.92 Å². The number of phenols is 1. The van der Waals surface area contributed by atoms with Crippen LogP contribution in [0.2, 0.25) is 0 Å². The van der Waals surface area contributed by atoms with Gasteiger partial charge in [0, 0.05) is 6.42 Å². The highest BCUT2D eigenvalue weighted by Crippen LogP contribution is 2.42. The van der Waals surface area contributed by atoms with E-state index >= 15 is 0 Å². The van der Waals surface area contributed by atoms with Crippen LogP contribution in [0.4, 0.5) is 5.13 Å². The molecule has 1 amide bonds. The molecule has 31 heavy (non-hydrogen) atoms. The van der Waals surface area contributed by atoms with Crippen LogP contribution in [0.1, 0.15) is 46.6 Å². The molecule has 4 aromatic rings. The van der Waals surface area contributed by atoms with E-state index in [1.165, 1.54) is 16.2 Å². The molecule has 1 aliphatic rings. The van der Waals surface area contributed by atoms with Crippen molar-refractivity contribution >= 4 is 33.3 Å². The molecule has 0 fully saturated rings. The number of rotatable bonds is 4. The molecule has 2 aromatic heterocycles. The van der Waals surface area contributed by atoms with E-state index in [2.05, 4.69) is 24.0 Å². The SMILES string of the molecule is CC(C)Cc1nnc(N2C(=O)c3oc4ccccc4c(=O)c3C2c2cccc(O)c2)s1. The molecule has 0 bridgehead atoms. The molecule has 0 spiro atoms. The Bertz CT molecular complexity index is 1370. The fraction of sp³-hybridized carbons (Fsp3) is 0.217. The van der Waals surface area contributed by atoms with Crippen molar-refractivity contribution in [3.8, 4) is 5.75 Å².